The second kappa shape index (κ2) is 12.1. The van der Waals surface area contributed by atoms with Crippen molar-refractivity contribution in [2.24, 2.45) is 23.7 Å². The second-order valence-electron chi connectivity index (χ2n) is 8.37. The molecule has 2 saturated carbocycles. The molecule has 0 aromatic rings. The summed E-state index contributed by atoms with van der Waals surface area (Å²) >= 11 is 0. The maximum atomic E-state index is 12.7. The molecule has 0 atom stereocenters. The van der Waals surface area contributed by atoms with E-state index in [0.29, 0.717) is 0 Å². The molecule has 0 amide bonds. The summed E-state index contributed by atoms with van der Waals surface area (Å²) in [6, 6.07) is 1.49. The fourth-order valence-electron chi connectivity index (χ4n) is 4.68. The molecule has 2 aliphatic carbocycles. The minimum atomic E-state index is -0.715. The first kappa shape index (κ1) is 20.9. The summed E-state index contributed by atoms with van der Waals surface area (Å²) in [5.41, 5.74) is 0. The highest BCUT2D eigenvalue weighted by Gasteiger charge is 2.21. The first-order valence-corrected chi connectivity index (χ1v) is 10.8. The van der Waals surface area contributed by atoms with Crippen LogP contribution in [0.1, 0.15) is 84.0 Å². The molecule has 2 rings (SSSR count). The fraction of sp³-hybridized carbons (Fsp3) is 0.708. The predicted octanol–water partition coefficient (Wildman–Crippen LogP) is 7.67. The van der Waals surface area contributed by atoms with Crippen molar-refractivity contribution in [1.82, 2.24) is 0 Å². The highest BCUT2D eigenvalue weighted by Crippen LogP contribution is 2.35. The molecule has 0 aromatic heterocycles. The molecule has 2 aliphatic rings. The summed E-state index contributed by atoms with van der Waals surface area (Å²) in [7, 11) is 0. The second-order valence-corrected chi connectivity index (χ2v) is 8.37. The molecule has 1 nitrogen and oxygen atoms in total. The Morgan fingerprint density at radius 1 is 0.923 bits per heavy atom. The van der Waals surface area contributed by atoms with Crippen LogP contribution in [0, 0.1) is 35.0 Å². The molecule has 144 valence electrons. The molecule has 0 radical (unpaired) electrons. The van der Waals surface area contributed by atoms with Crippen molar-refractivity contribution in [3.8, 4) is 6.07 Å². The van der Waals surface area contributed by atoms with Crippen LogP contribution in [0.3, 0.4) is 0 Å². The third-order valence-corrected chi connectivity index (χ3v) is 6.36. The summed E-state index contributed by atoms with van der Waals surface area (Å²) in [6.45, 7) is 2.31. The van der Waals surface area contributed by atoms with Gasteiger partial charge in [0.25, 0.3) is 0 Å². The lowest BCUT2D eigenvalue weighted by molar-refractivity contribution is 0.286. The van der Waals surface area contributed by atoms with Crippen LogP contribution >= 0.6 is 0 Å². The van der Waals surface area contributed by atoms with Crippen LogP contribution in [0.25, 0.3) is 0 Å². The van der Waals surface area contributed by atoms with Crippen molar-refractivity contribution in [3.05, 3.63) is 36.2 Å². The normalized spacial score (nSPS) is 30.7. The van der Waals surface area contributed by atoms with Crippen LogP contribution in [-0.4, -0.2) is 0 Å². The van der Waals surface area contributed by atoms with Gasteiger partial charge < -0.3 is 0 Å². The number of allylic oxidation sites excluding steroid dienone is 6. The van der Waals surface area contributed by atoms with Gasteiger partial charge in [0.2, 0.25) is 0 Å². The molecule has 0 unspecified atom stereocenters. The van der Waals surface area contributed by atoms with Crippen LogP contribution in [0.15, 0.2) is 36.2 Å². The zero-order valence-corrected chi connectivity index (χ0v) is 16.5. The van der Waals surface area contributed by atoms with Gasteiger partial charge in [0.15, 0.2) is 5.83 Å². The lowest BCUT2D eigenvalue weighted by Gasteiger charge is -2.28. The molecular formula is C24H36FN. The smallest absolute Gasteiger partial charge is 0.195 e. The van der Waals surface area contributed by atoms with E-state index in [1.54, 1.807) is 6.08 Å². The summed E-state index contributed by atoms with van der Waals surface area (Å²) in [5, 5.41) is 8.35. The van der Waals surface area contributed by atoms with Gasteiger partial charge >= 0.3 is 0 Å². The van der Waals surface area contributed by atoms with E-state index in [-0.39, 0.29) is 0 Å². The Kier molecular flexibility index (Phi) is 9.75. The largest absolute Gasteiger partial charge is 0.199 e. The van der Waals surface area contributed by atoms with E-state index in [2.05, 4.69) is 19.1 Å². The summed E-state index contributed by atoms with van der Waals surface area (Å²) in [4.78, 5) is 0. The van der Waals surface area contributed by atoms with Gasteiger partial charge in [0, 0.05) is 0 Å². The first-order chi connectivity index (χ1) is 12.7. The lowest BCUT2D eigenvalue weighted by atomic mass is 9.77. The Bertz CT molecular complexity index is 509. The van der Waals surface area contributed by atoms with Crippen LogP contribution < -0.4 is 0 Å². The third-order valence-electron chi connectivity index (χ3n) is 6.36. The highest BCUT2D eigenvalue weighted by atomic mass is 19.1. The monoisotopic (exact) mass is 357 g/mol. The summed E-state index contributed by atoms with van der Waals surface area (Å²) in [6.07, 6.45) is 26.0. The Morgan fingerprint density at radius 2 is 1.46 bits per heavy atom. The standard InChI is InChI=1S/C24H36FN/c1-2-6-20-9-13-22(14-10-20)17-18-23-15-11-21(12-16-23)7-4-3-5-8-24(25)19-26/h3,5,8,17-18,20-23H,2,4,6-7,9-16H2,1H3. The number of hydrogen-bond donors (Lipinski definition) is 0. The van der Waals surface area contributed by atoms with Crippen molar-refractivity contribution in [2.75, 3.05) is 0 Å². The van der Waals surface area contributed by atoms with E-state index < -0.39 is 5.83 Å². The molecule has 26 heavy (non-hydrogen) atoms. The van der Waals surface area contributed by atoms with Crippen molar-refractivity contribution < 1.29 is 4.39 Å². The van der Waals surface area contributed by atoms with Gasteiger partial charge in [-0.25, -0.2) is 0 Å². The average Bonchev–Trinajstić information content (AvgIpc) is 2.68. The maximum Gasteiger partial charge on any atom is 0.199 e. The fourth-order valence-corrected chi connectivity index (χ4v) is 4.68. The predicted molar refractivity (Wildman–Crippen MR) is 108 cm³/mol. The van der Waals surface area contributed by atoms with Gasteiger partial charge in [-0.05, 0) is 94.0 Å². The number of nitrogens with zero attached hydrogens (tertiary/aromatic N) is 1. The van der Waals surface area contributed by atoms with E-state index in [1.807, 2.05) is 6.08 Å². The quantitative estimate of drug-likeness (QED) is 0.248. The number of rotatable bonds is 8. The number of hydrogen-bond acceptors (Lipinski definition) is 1. The Balaban J connectivity index is 1.59. The van der Waals surface area contributed by atoms with Gasteiger partial charge in [-0.1, -0.05) is 44.1 Å². The molecule has 0 saturated heterocycles. The van der Waals surface area contributed by atoms with Gasteiger partial charge in [-0.15, -0.1) is 0 Å². The Morgan fingerprint density at radius 3 is 1.96 bits per heavy atom. The van der Waals surface area contributed by atoms with Crippen LogP contribution in [0.5, 0.6) is 0 Å². The summed E-state index contributed by atoms with van der Waals surface area (Å²) in [5.74, 6) is 2.74. The van der Waals surface area contributed by atoms with Crippen molar-refractivity contribution in [1.29, 1.82) is 5.26 Å². The van der Waals surface area contributed by atoms with E-state index in [4.69, 9.17) is 5.26 Å². The minimum absolute atomic E-state index is 0.715. The van der Waals surface area contributed by atoms with Crippen LogP contribution in [0.2, 0.25) is 0 Å². The molecule has 0 aromatic carbocycles. The van der Waals surface area contributed by atoms with Gasteiger partial charge in [-0.2, -0.15) is 9.65 Å². The first-order valence-electron chi connectivity index (χ1n) is 10.8. The van der Waals surface area contributed by atoms with Crippen molar-refractivity contribution in [3.63, 3.8) is 0 Å². The maximum absolute atomic E-state index is 12.7. The third kappa shape index (κ3) is 7.90. The molecular weight excluding hydrogens is 321 g/mol. The van der Waals surface area contributed by atoms with E-state index in [9.17, 15) is 4.39 Å². The molecule has 0 heterocycles. The number of halogens is 1. The van der Waals surface area contributed by atoms with Crippen molar-refractivity contribution >= 4 is 0 Å². The zero-order valence-electron chi connectivity index (χ0n) is 16.5. The molecule has 0 bridgehead atoms. The SMILES string of the molecule is CCCC1CCC(C=CC2CCC(CCC=CC=C(F)C#N)CC2)CC1. The topological polar surface area (TPSA) is 23.8 Å². The van der Waals surface area contributed by atoms with E-state index in [1.165, 1.54) is 82.8 Å². The van der Waals surface area contributed by atoms with Crippen molar-refractivity contribution in [2.45, 2.75) is 84.0 Å². The Labute approximate surface area is 160 Å². The van der Waals surface area contributed by atoms with Crippen LogP contribution in [-0.2, 0) is 0 Å². The van der Waals surface area contributed by atoms with Crippen LogP contribution in [0.4, 0.5) is 4.39 Å². The molecule has 2 heteroatoms. The van der Waals surface area contributed by atoms with E-state index >= 15 is 0 Å². The molecule has 0 N–H and O–H groups in total. The minimum Gasteiger partial charge on any atom is -0.195 e. The number of nitriles is 1. The molecule has 2 fully saturated rings. The Hall–Kier alpha value is -1.36. The molecule has 0 spiro atoms. The van der Waals surface area contributed by atoms with Gasteiger partial charge in [0.1, 0.15) is 6.07 Å². The van der Waals surface area contributed by atoms with Gasteiger partial charge in [0.05, 0.1) is 0 Å². The highest BCUT2D eigenvalue weighted by molar-refractivity contribution is 5.18. The lowest BCUT2D eigenvalue weighted by Crippen LogP contribution is -2.15. The average molecular weight is 358 g/mol. The molecule has 0 aliphatic heterocycles. The zero-order chi connectivity index (χ0) is 18.6. The van der Waals surface area contributed by atoms with E-state index in [0.717, 1.165) is 30.1 Å². The van der Waals surface area contributed by atoms with Gasteiger partial charge in [-0.3, -0.25) is 0 Å². The summed E-state index contributed by atoms with van der Waals surface area (Å²) < 4.78 is 12.7.